The van der Waals surface area contributed by atoms with E-state index < -0.39 is 29.8 Å². The van der Waals surface area contributed by atoms with Gasteiger partial charge in [-0.05, 0) is 18.9 Å². The molecule has 1 heterocycles. The highest BCUT2D eigenvalue weighted by atomic mass is 79.9. The Labute approximate surface area is 157 Å². The molecule has 3 rings (SSSR count). The molecule has 1 aromatic carbocycles. The first-order chi connectivity index (χ1) is 12.2. The van der Waals surface area contributed by atoms with Crippen LogP contribution in [0, 0.1) is 10.1 Å². The number of hydrogen-bond donors (Lipinski definition) is 2. The van der Waals surface area contributed by atoms with Crippen molar-refractivity contribution in [2.75, 3.05) is 18.4 Å². The Bertz CT molecular complexity index is 738. The van der Waals surface area contributed by atoms with Crippen molar-refractivity contribution >= 4 is 33.2 Å². The minimum atomic E-state index is -2.91. The molecule has 142 valence electrons. The van der Waals surface area contributed by atoms with Gasteiger partial charge in [0.25, 0.3) is 17.5 Å². The molecule has 3 N–H and O–H groups in total. The second-order valence-corrected chi connectivity index (χ2v) is 7.74. The summed E-state index contributed by atoms with van der Waals surface area (Å²) in [5.74, 6) is -3.57. The first kappa shape index (κ1) is 19.0. The van der Waals surface area contributed by atoms with Gasteiger partial charge in [-0.3, -0.25) is 14.9 Å². The standard InChI is InChI=1S/C16H19BrF2N4O3/c17-9-5-10(15(24)22-7-16(18,19)8-22)14(13(6-9)23(25)26)21-12-4-2-1-3-11(12)20/h5-6,11-12,21H,1-4,7-8,20H2/t11-,12+/m0/s1. The number of nitro benzene ring substituents is 1. The van der Waals surface area contributed by atoms with Gasteiger partial charge in [-0.25, -0.2) is 8.78 Å². The summed E-state index contributed by atoms with van der Waals surface area (Å²) >= 11 is 3.16. The van der Waals surface area contributed by atoms with Crippen molar-refractivity contribution in [3.63, 3.8) is 0 Å². The quantitative estimate of drug-likeness (QED) is 0.561. The van der Waals surface area contributed by atoms with Gasteiger partial charge in [0.05, 0.1) is 23.6 Å². The van der Waals surface area contributed by atoms with Crippen LogP contribution in [0.25, 0.3) is 0 Å². The van der Waals surface area contributed by atoms with E-state index >= 15 is 0 Å². The van der Waals surface area contributed by atoms with Crippen LogP contribution in [0.1, 0.15) is 36.0 Å². The van der Waals surface area contributed by atoms with Crippen molar-refractivity contribution in [2.45, 2.75) is 43.7 Å². The molecule has 0 aromatic heterocycles. The Morgan fingerprint density at radius 3 is 2.58 bits per heavy atom. The number of halogens is 3. The molecule has 0 spiro atoms. The maximum absolute atomic E-state index is 13.1. The summed E-state index contributed by atoms with van der Waals surface area (Å²) in [7, 11) is 0. The predicted molar refractivity (Wildman–Crippen MR) is 95.5 cm³/mol. The minimum absolute atomic E-state index is 0.000603. The van der Waals surface area contributed by atoms with E-state index in [2.05, 4.69) is 21.2 Å². The average Bonchev–Trinajstić information content (AvgIpc) is 2.54. The summed E-state index contributed by atoms with van der Waals surface area (Å²) in [6, 6.07) is 2.30. The number of carbonyl (C=O) groups is 1. The van der Waals surface area contributed by atoms with Crippen molar-refractivity contribution in [3.05, 3.63) is 32.3 Å². The van der Waals surface area contributed by atoms with Gasteiger partial charge in [-0.15, -0.1) is 0 Å². The van der Waals surface area contributed by atoms with Gasteiger partial charge in [0.1, 0.15) is 5.69 Å². The highest BCUT2D eigenvalue weighted by Gasteiger charge is 2.47. The zero-order valence-electron chi connectivity index (χ0n) is 13.9. The van der Waals surface area contributed by atoms with Crippen LogP contribution in [0.4, 0.5) is 20.2 Å². The molecule has 26 heavy (non-hydrogen) atoms. The number of alkyl halides is 2. The van der Waals surface area contributed by atoms with Crippen molar-refractivity contribution in [3.8, 4) is 0 Å². The molecule has 1 aromatic rings. The zero-order chi connectivity index (χ0) is 19.1. The number of hydrogen-bond acceptors (Lipinski definition) is 5. The normalized spacial score (nSPS) is 24.7. The number of rotatable bonds is 4. The fourth-order valence-electron chi connectivity index (χ4n) is 3.41. The third-order valence-electron chi connectivity index (χ3n) is 4.79. The second kappa shape index (κ2) is 7.07. The van der Waals surface area contributed by atoms with E-state index in [1.807, 2.05) is 0 Å². The molecule has 2 aliphatic rings. The van der Waals surface area contributed by atoms with E-state index in [1.54, 1.807) is 0 Å². The van der Waals surface area contributed by atoms with Gasteiger partial charge in [0.2, 0.25) is 0 Å². The van der Waals surface area contributed by atoms with Crippen LogP contribution in [0.2, 0.25) is 0 Å². The van der Waals surface area contributed by atoms with Gasteiger partial charge in [-0.2, -0.15) is 0 Å². The molecule has 10 heteroatoms. The number of carbonyl (C=O) groups excluding carboxylic acids is 1. The molecule has 1 saturated carbocycles. The maximum atomic E-state index is 13.1. The molecule has 1 aliphatic carbocycles. The molecular weight excluding hydrogens is 414 g/mol. The molecule has 1 amide bonds. The third-order valence-corrected chi connectivity index (χ3v) is 5.25. The zero-order valence-corrected chi connectivity index (χ0v) is 15.5. The Hall–Kier alpha value is -1.81. The molecular formula is C16H19BrF2N4O3. The number of likely N-dealkylation sites (tertiary alicyclic amines) is 1. The topological polar surface area (TPSA) is 102 Å². The number of nitrogens with two attached hydrogens (primary N) is 1. The number of anilines is 1. The lowest BCUT2D eigenvalue weighted by atomic mass is 9.90. The van der Waals surface area contributed by atoms with E-state index in [4.69, 9.17) is 5.73 Å². The first-order valence-electron chi connectivity index (χ1n) is 8.35. The molecule has 1 aliphatic heterocycles. The summed E-state index contributed by atoms with van der Waals surface area (Å²) in [6.45, 7) is -1.37. The minimum Gasteiger partial charge on any atom is -0.375 e. The fourth-order valence-corrected chi connectivity index (χ4v) is 3.85. The molecule has 1 saturated heterocycles. The largest absolute Gasteiger partial charge is 0.375 e. The summed E-state index contributed by atoms with van der Waals surface area (Å²) in [5, 5.41) is 14.6. The van der Waals surface area contributed by atoms with Crippen molar-refractivity contribution < 1.29 is 18.5 Å². The van der Waals surface area contributed by atoms with Crippen LogP contribution in [-0.4, -0.2) is 46.8 Å². The van der Waals surface area contributed by atoms with Crippen molar-refractivity contribution in [1.29, 1.82) is 0 Å². The summed E-state index contributed by atoms with van der Waals surface area (Å²) in [4.78, 5) is 24.6. The molecule has 0 unspecified atom stereocenters. The van der Waals surface area contributed by atoms with E-state index in [0.717, 1.165) is 30.6 Å². The van der Waals surface area contributed by atoms with Crippen LogP contribution in [-0.2, 0) is 0 Å². The van der Waals surface area contributed by atoms with E-state index in [-0.39, 0.29) is 29.0 Å². The predicted octanol–water partition coefficient (Wildman–Crippen LogP) is 3.13. The van der Waals surface area contributed by atoms with Crippen LogP contribution < -0.4 is 11.1 Å². The monoisotopic (exact) mass is 432 g/mol. The SMILES string of the molecule is N[C@H]1CCCC[C@H]1Nc1c(C(=O)N2CC(F)(F)C2)cc(Br)cc1[N+](=O)[O-]. The summed E-state index contributed by atoms with van der Waals surface area (Å²) < 4.78 is 26.6. The number of amides is 1. The highest BCUT2D eigenvalue weighted by Crippen LogP contribution is 2.37. The van der Waals surface area contributed by atoms with Gasteiger partial charge >= 0.3 is 0 Å². The highest BCUT2D eigenvalue weighted by molar-refractivity contribution is 9.10. The summed E-state index contributed by atoms with van der Waals surface area (Å²) in [6.07, 6.45) is 3.42. The summed E-state index contributed by atoms with van der Waals surface area (Å²) in [5.41, 5.74) is 5.86. The van der Waals surface area contributed by atoms with Crippen molar-refractivity contribution in [2.24, 2.45) is 5.73 Å². The first-order valence-corrected chi connectivity index (χ1v) is 9.14. The molecule has 2 fully saturated rings. The smallest absolute Gasteiger partial charge is 0.294 e. The molecule has 2 atom stereocenters. The fraction of sp³-hybridized carbons (Fsp3) is 0.562. The lowest BCUT2D eigenvalue weighted by Crippen LogP contribution is -2.58. The Balaban J connectivity index is 1.96. The Morgan fingerprint density at radius 1 is 1.35 bits per heavy atom. The number of nitrogens with one attached hydrogen (secondary N) is 1. The second-order valence-electron chi connectivity index (χ2n) is 6.82. The van der Waals surface area contributed by atoms with Crippen LogP contribution in [0.3, 0.4) is 0 Å². The Kier molecular flexibility index (Phi) is 5.16. The van der Waals surface area contributed by atoms with Crippen molar-refractivity contribution in [1.82, 2.24) is 4.90 Å². The lowest BCUT2D eigenvalue weighted by molar-refractivity contribution is -0.384. The van der Waals surface area contributed by atoms with Crippen LogP contribution in [0.15, 0.2) is 16.6 Å². The van der Waals surface area contributed by atoms with Gasteiger partial charge < -0.3 is 16.0 Å². The number of nitrogens with zero attached hydrogens (tertiary/aromatic N) is 2. The van der Waals surface area contributed by atoms with Crippen LogP contribution >= 0.6 is 15.9 Å². The van der Waals surface area contributed by atoms with E-state index in [9.17, 15) is 23.7 Å². The van der Waals surface area contributed by atoms with E-state index in [0.29, 0.717) is 4.47 Å². The molecule has 0 radical (unpaired) electrons. The lowest BCUT2D eigenvalue weighted by Gasteiger charge is -2.39. The Morgan fingerprint density at radius 2 is 2.00 bits per heavy atom. The third kappa shape index (κ3) is 3.80. The van der Waals surface area contributed by atoms with Gasteiger partial charge in [-0.1, -0.05) is 28.8 Å². The molecule has 7 nitrogen and oxygen atoms in total. The van der Waals surface area contributed by atoms with Gasteiger partial charge in [0.15, 0.2) is 0 Å². The number of benzene rings is 1. The van der Waals surface area contributed by atoms with Crippen LogP contribution in [0.5, 0.6) is 0 Å². The maximum Gasteiger partial charge on any atom is 0.294 e. The van der Waals surface area contributed by atoms with Gasteiger partial charge in [0, 0.05) is 22.6 Å². The molecule has 0 bridgehead atoms. The average molecular weight is 433 g/mol. The van der Waals surface area contributed by atoms with E-state index in [1.165, 1.54) is 12.1 Å². The number of nitro groups is 1.